The van der Waals surface area contributed by atoms with Crippen molar-refractivity contribution in [2.24, 2.45) is 10.8 Å². The summed E-state index contributed by atoms with van der Waals surface area (Å²) in [5, 5.41) is 0. The lowest BCUT2D eigenvalue weighted by molar-refractivity contribution is -0.194. The van der Waals surface area contributed by atoms with Crippen LogP contribution in [0.4, 0.5) is 0 Å². The highest BCUT2D eigenvalue weighted by Gasteiger charge is 2.55. The molecule has 0 N–H and O–H groups in total. The van der Waals surface area contributed by atoms with Gasteiger partial charge in [0.2, 0.25) is 0 Å². The molecule has 0 radical (unpaired) electrons. The Bertz CT molecular complexity index is 260. The Labute approximate surface area is 86.3 Å². The van der Waals surface area contributed by atoms with Crippen molar-refractivity contribution < 1.29 is 9.53 Å². The molecule has 2 heteroatoms. The molecule has 0 spiro atoms. The van der Waals surface area contributed by atoms with Crippen LogP contribution in [0, 0.1) is 10.8 Å². The molecule has 0 aromatic heterocycles. The van der Waals surface area contributed by atoms with Crippen molar-refractivity contribution in [2.75, 3.05) is 0 Å². The lowest BCUT2D eigenvalue weighted by Gasteiger charge is -2.56. The lowest BCUT2D eigenvalue weighted by Crippen LogP contribution is -2.57. The van der Waals surface area contributed by atoms with E-state index >= 15 is 0 Å². The maximum Gasteiger partial charge on any atom is 0.333 e. The molecule has 0 amide bonds. The summed E-state index contributed by atoms with van der Waals surface area (Å²) in [5.74, 6) is -0.268. The molecule has 80 valence electrons. The van der Waals surface area contributed by atoms with Crippen molar-refractivity contribution >= 4 is 5.97 Å². The average Bonchev–Trinajstić information content (AvgIpc) is 1.96. The van der Waals surface area contributed by atoms with Crippen LogP contribution in [-0.4, -0.2) is 12.1 Å². The second kappa shape index (κ2) is 3.11. The minimum atomic E-state index is -0.268. The van der Waals surface area contributed by atoms with Gasteiger partial charge in [-0.05, 0) is 13.3 Å². The Hall–Kier alpha value is -0.790. The van der Waals surface area contributed by atoms with E-state index in [4.69, 9.17) is 4.74 Å². The number of rotatable bonds is 2. The van der Waals surface area contributed by atoms with Crippen LogP contribution in [0.3, 0.4) is 0 Å². The van der Waals surface area contributed by atoms with Gasteiger partial charge in [0, 0.05) is 16.4 Å². The number of ether oxygens (including phenoxy) is 1. The standard InChI is InChI=1S/C12H20O2/c1-8(2)9(13)14-10-11(3,4)7-12(10,5)6/h10H,1,7H2,2-6H3. The molecule has 2 nitrogen and oxygen atoms in total. The number of esters is 1. The summed E-state index contributed by atoms with van der Waals surface area (Å²) in [6.45, 7) is 13.8. The minimum absolute atomic E-state index is 0.0131. The largest absolute Gasteiger partial charge is 0.458 e. The Balaban J connectivity index is 2.68. The normalized spacial score (nSPS) is 23.8. The first kappa shape index (κ1) is 11.3. The molecule has 0 bridgehead atoms. The summed E-state index contributed by atoms with van der Waals surface area (Å²) in [6.07, 6.45) is 1.10. The summed E-state index contributed by atoms with van der Waals surface area (Å²) >= 11 is 0. The van der Waals surface area contributed by atoms with Gasteiger partial charge in [-0.2, -0.15) is 0 Å². The fraction of sp³-hybridized carbons (Fsp3) is 0.750. The second-order valence-corrected chi connectivity index (χ2v) is 5.72. The summed E-state index contributed by atoms with van der Waals surface area (Å²) in [5.41, 5.74) is 0.687. The average molecular weight is 196 g/mol. The molecule has 1 fully saturated rings. The number of carbonyl (C=O) groups is 1. The molecule has 1 saturated carbocycles. The quantitative estimate of drug-likeness (QED) is 0.501. The van der Waals surface area contributed by atoms with Crippen LogP contribution >= 0.6 is 0 Å². The van der Waals surface area contributed by atoms with Gasteiger partial charge in [0.15, 0.2) is 0 Å². The van der Waals surface area contributed by atoms with Crippen LogP contribution in [0.2, 0.25) is 0 Å². The zero-order valence-electron chi connectivity index (χ0n) is 9.81. The molecule has 1 aliphatic rings. The molecule has 0 aromatic carbocycles. The van der Waals surface area contributed by atoms with Gasteiger partial charge in [0.1, 0.15) is 6.10 Å². The molecule has 1 rings (SSSR count). The van der Waals surface area contributed by atoms with Crippen LogP contribution in [0.1, 0.15) is 41.0 Å². The SMILES string of the molecule is C=C(C)C(=O)OC1C(C)(C)CC1(C)C. The van der Waals surface area contributed by atoms with Crippen molar-refractivity contribution in [2.45, 2.75) is 47.1 Å². The van der Waals surface area contributed by atoms with Gasteiger partial charge in [-0.25, -0.2) is 4.79 Å². The van der Waals surface area contributed by atoms with E-state index in [1.165, 1.54) is 0 Å². The molecule has 0 unspecified atom stereocenters. The molecular weight excluding hydrogens is 176 g/mol. The zero-order chi connectivity index (χ0) is 11.1. The highest BCUT2D eigenvalue weighted by atomic mass is 16.5. The molecular formula is C12H20O2. The van der Waals surface area contributed by atoms with Crippen molar-refractivity contribution in [1.29, 1.82) is 0 Å². The summed E-state index contributed by atoms with van der Waals surface area (Å²) in [6, 6.07) is 0. The first-order chi connectivity index (χ1) is 6.17. The molecule has 0 atom stereocenters. The van der Waals surface area contributed by atoms with Crippen LogP contribution in [-0.2, 0) is 9.53 Å². The van der Waals surface area contributed by atoms with E-state index in [1.54, 1.807) is 6.92 Å². The van der Waals surface area contributed by atoms with E-state index in [2.05, 4.69) is 34.3 Å². The highest BCUT2D eigenvalue weighted by molar-refractivity contribution is 5.87. The van der Waals surface area contributed by atoms with Gasteiger partial charge >= 0.3 is 5.97 Å². The van der Waals surface area contributed by atoms with Gasteiger partial charge in [0.25, 0.3) is 0 Å². The Morgan fingerprint density at radius 3 is 2.00 bits per heavy atom. The monoisotopic (exact) mass is 196 g/mol. The van der Waals surface area contributed by atoms with E-state index < -0.39 is 0 Å². The second-order valence-electron chi connectivity index (χ2n) is 5.72. The number of carbonyl (C=O) groups excluding carboxylic acids is 1. The van der Waals surface area contributed by atoms with Gasteiger partial charge in [0.05, 0.1) is 0 Å². The first-order valence-corrected chi connectivity index (χ1v) is 5.03. The van der Waals surface area contributed by atoms with E-state index in [9.17, 15) is 4.79 Å². The summed E-state index contributed by atoms with van der Waals surface area (Å²) < 4.78 is 5.44. The smallest absolute Gasteiger partial charge is 0.333 e. The maximum absolute atomic E-state index is 11.4. The Morgan fingerprint density at radius 1 is 1.29 bits per heavy atom. The third kappa shape index (κ3) is 1.84. The Kier molecular flexibility index (Phi) is 2.51. The maximum atomic E-state index is 11.4. The fourth-order valence-corrected chi connectivity index (χ4v) is 2.81. The fourth-order valence-electron chi connectivity index (χ4n) is 2.81. The van der Waals surface area contributed by atoms with Crippen LogP contribution in [0.5, 0.6) is 0 Å². The van der Waals surface area contributed by atoms with E-state index in [1.807, 2.05) is 0 Å². The van der Waals surface area contributed by atoms with E-state index in [0.29, 0.717) is 5.57 Å². The molecule has 0 heterocycles. The van der Waals surface area contributed by atoms with Gasteiger partial charge < -0.3 is 4.74 Å². The van der Waals surface area contributed by atoms with Crippen LogP contribution < -0.4 is 0 Å². The van der Waals surface area contributed by atoms with Gasteiger partial charge in [-0.3, -0.25) is 0 Å². The zero-order valence-corrected chi connectivity index (χ0v) is 9.81. The van der Waals surface area contributed by atoms with Crippen molar-refractivity contribution in [3.05, 3.63) is 12.2 Å². The number of hydrogen-bond acceptors (Lipinski definition) is 2. The predicted octanol–water partition coefficient (Wildman–Crippen LogP) is 2.93. The third-order valence-electron chi connectivity index (χ3n) is 2.90. The predicted molar refractivity (Wildman–Crippen MR) is 56.9 cm³/mol. The van der Waals surface area contributed by atoms with Crippen molar-refractivity contribution in [3.63, 3.8) is 0 Å². The molecule has 14 heavy (non-hydrogen) atoms. The van der Waals surface area contributed by atoms with Crippen molar-refractivity contribution in [1.82, 2.24) is 0 Å². The third-order valence-corrected chi connectivity index (χ3v) is 2.90. The molecule has 0 saturated heterocycles. The summed E-state index contributed by atoms with van der Waals surface area (Å²) in [7, 11) is 0. The van der Waals surface area contributed by atoms with Crippen LogP contribution in [0.25, 0.3) is 0 Å². The van der Waals surface area contributed by atoms with Crippen molar-refractivity contribution in [3.8, 4) is 0 Å². The lowest BCUT2D eigenvalue weighted by atomic mass is 9.53. The summed E-state index contributed by atoms with van der Waals surface area (Å²) in [4.78, 5) is 11.4. The van der Waals surface area contributed by atoms with Gasteiger partial charge in [-0.1, -0.05) is 34.3 Å². The molecule has 0 aliphatic heterocycles. The first-order valence-electron chi connectivity index (χ1n) is 5.03. The molecule has 0 aromatic rings. The highest BCUT2D eigenvalue weighted by Crippen LogP contribution is 2.55. The molecule has 1 aliphatic carbocycles. The van der Waals surface area contributed by atoms with E-state index in [-0.39, 0.29) is 22.9 Å². The van der Waals surface area contributed by atoms with Gasteiger partial charge in [-0.15, -0.1) is 0 Å². The topological polar surface area (TPSA) is 26.3 Å². The Morgan fingerprint density at radius 2 is 1.71 bits per heavy atom. The number of hydrogen-bond donors (Lipinski definition) is 0. The minimum Gasteiger partial charge on any atom is -0.458 e. The van der Waals surface area contributed by atoms with E-state index in [0.717, 1.165) is 6.42 Å². The van der Waals surface area contributed by atoms with Crippen LogP contribution in [0.15, 0.2) is 12.2 Å².